The highest BCUT2D eigenvalue weighted by atomic mass is 16.8. The van der Waals surface area contributed by atoms with E-state index in [0.717, 1.165) is 51.4 Å². The molecule has 108 heavy (non-hydrogen) atoms. The van der Waals surface area contributed by atoms with E-state index in [0.29, 0.717) is 12.8 Å². The van der Waals surface area contributed by atoms with E-state index < -0.39 is 124 Å². The van der Waals surface area contributed by atoms with Gasteiger partial charge in [-0.25, -0.2) is 0 Å². The lowest BCUT2D eigenvalue weighted by molar-refractivity contribution is -0.379. The maximum absolute atomic E-state index is 13.5. The molecule has 0 saturated carbocycles. The van der Waals surface area contributed by atoms with Crippen molar-refractivity contribution >= 4 is 5.91 Å². The fraction of sp³-hybridized carbons (Fsp3) is 0.876. The molecule has 0 radical (unpaired) electrons. The molecule has 0 bridgehead atoms. The highest BCUT2D eigenvalue weighted by molar-refractivity contribution is 5.76. The number of hydrogen-bond acceptors (Lipinski definition) is 18. The smallest absolute Gasteiger partial charge is 0.220 e. The maximum atomic E-state index is 13.5. The molecule has 0 aromatic carbocycles. The Morgan fingerprint density at radius 2 is 0.620 bits per heavy atom. The summed E-state index contributed by atoms with van der Waals surface area (Å²) in [6.45, 7) is 1.75. The predicted octanol–water partition coefficient (Wildman–Crippen LogP) is 16.6. The molecule has 1 amide bonds. The second kappa shape index (κ2) is 68.9. The lowest BCUT2D eigenvalue weighted by Crippen LogP contribution is -2.66. The van der Waals surface area contributed by atoms with E-state index in [1.54, 1.807) is 6.08 Å². The number of aliphatic hydroxyl groups is 11. The Morgan fingerprint density at radius 1 is 0.333 bits per heavy atom. The highest BCUT2D eigenvalue weighted by Crippen LogP contribution is 2.33. The SMILES string of the molecule is CCCCCCC/C=C\C/C=C\C/C=C\CCCCCCCCCCCCCCCCCCCCCCCCCCCCC(=O)NC(COC1OC(CO)C(OC2OC(CO)C(OC3OC(CO)C(O)C(O)C3O)C(O)C2O)C(O)C1O)C(O)/C=C/CC/C=C/CCCCCCCCCCCCCCCCCC. The Morgan fingerprint density at radius 3 is 0.991 bits per heavy atom. The fourth-order valence-corrected chi connectivity index (χ4v) is 14.9. The number of carbonyl (C=O) groups excluding carboxylic acids is 1. The monoisotopic (exact) mass is 1530 g/mol. The first-order valence-electron chi connectivity index (χ1n) is 44.5. The molecule has 19 nitrogen and oxygen atoms in total. The van der Waals surface area contributed by atoms with Crippen LogP contribution in [0.25, 0.3) is 0 Å². The van der Waals surface area contributed by atoms with Gasteiger partial charge in [0.15, 0.2) is 18.9 Å². The van der Waals surface area contributed by atoms with Gasteiger partial charge in [0.1, 0.15) is 73.2 Å². The van der Waals surface area contributed by atoms with Gasteiger partial charge in [-0.1, -0.05) is 351 Å². The lowest BCUT2D eigenvalue weighted by atomic mass is 9.96. The molecule has 17 atom stereocenters. The third-order valence-corrected chi connectivity index (χ3v) is 22.0. The van der Waals surface area contributed by atoms with Gasteiger partial charge in [-0.15, -0.1) is 0 Å². The van der Waals surface area contributed by atoms with Crippen LogP contribution in [0.2, 0.25) is 0 Å². The van der Waals surface area contributed by atoms with Crippen LogP contribution in [0.15, 0.2) is 60.8 Å². The number of amides is 1. The number of unbranched alkanes of at least 4 members (excludes halogenated alkanes) is 48. The number of hydrogen-bond donors (Lipinski definition) is 12. The molecule has 3 rings (SSSR count). The number of ether oxygens (including phenoxy) is 6. The Hall–Kier alpha value is -2.51. The van der Waals surface area contributed by atoms with Crippen LogP contribution in [-0.2, 0) is 33.2 Å². The minimum absolute atomic E-state index is 0.238. The molecule has 12 N–H and O–H groups in total. The zero-order valence-electron chi connectivity index (χ0n) is 68.1. The number of aliphatic hydroxyl groups excluding tert-OH is 11. The lowest BCUT2D eigenvalue weighted by Gasteiger charge is -2.48. The predicted molar refractivity (Wildman–Crippen MR) is 434 cm³/mol. The quantitative estimate of drug-likeness (QED) is 0.0199. The van der Waals surface area contributed by atoms with Gasteiger partial charge in [-0.2, -0.15) is 0 Å². The van der Waals surface area contributed by atoms with Gasteiger partial charge in [-0.05, 0) is 70.6 Å². The average molecular weight is 1540 g/mol. The zero-order valence-corrected chi connectivity index (χ0v) is 68.1. The topological polar surface area (TPSA) is 307 Å². The van der Waals surface area contributed by atoms with Crippen molar-refractivity contribution in [3.63, 3.8) is 0 Å². The Balaban J connectivity index is 1.30. The van der Waals surface area contributed by atoms with Crippen molar-refractivity contribution in [2.24, 2.45) is 0 Å². The summed E-state index contributed by atoms with van der Waals surface area (Å²) < 4.78 is 34.5. The second-order valence-electron chi connectivity index (χ2n) is 31.7. The fourth-order valence-electron chi connectivity index (χ4n) is 14.9. The summed E-state index contributed by atoms with van der Waals surface area (Å²) in [4.78, 5) is 13.5. The van der Waals surface area contributed by atoms with Gasteiger partial charge < -0.3 is 89.9 Å². The molecular weight excluding hydrogens is 1370 g/mol. The van der Waals surface area contributed by atoms with E-state index in [2.05, 4.69) is 67.8 Å². The second-order valence-corrected chi connectivity index (χ2v) is 31.7. The van der Waals surface area contributed by atoms with Crippen molar-refractivity contribution in [3.05, 3.63) is 60.8 Å². The van der Waals surface area contributed by atoms with Gasteiger partial charge >= 0.3 is 0 Å². The summed E-state index contributed by atoms with van der Waals surface area (Å²) >= 11 is 0. The van der Waals surface area contributed by atoms with Crippen LogP contribution < -0.4 is 5.32 Å². The van der Waals surface area contributed by atoms with E-state index in [1.807, 2.05) is 6.08 Å². The van der Waals surface area contributed by atoms with Crippen molar-refractivity contribution in [2.45, 2.75) is 471 Å². The first kappa shape index (κ1) is 99.7. The van der Waals surface area contributed by atoms with Gasteiger partial charge in [0.05, 0.1) is 38.6 Å². The van der Waals surface area contributed by atoms with Crippen LogP contribution in [0.3, 0.4) is 0 Å². The number of rotatable bonds is 72. The van der Waals surface area contributed by atoms with E-state index in [9.17, 15) is 61.0 Å². The van der Waals surface area contributed by atoms with Crippen LogP contribution in [0.4, 0.5) is 0 Å². The van der Waals surface area contributed by atoms with Crippen LogP contribution in [0.5, 0.6) is 0 Å². The zero-order chi connectivity index (χ0) is 78.1. The number of allylic oxidation sites excluding steroid dienone is 9. The molecule has 3 aliphatic rings. The van der Waals surface area contributed by atoms with Crippen molar-refractivity contribution < 1.29 is 89.4 Å². The van der Waals surface area contributed by atoms with Gasteiger partial charge in [0.2, 0.25) is 5.91 Å². The largest absolute Gasteiger partial charge is 0.394 e. The first-order chi connectivity index (χ1) is 52.8. The summed E-state index contributed by atoms with van der Waals surface area (Å²) in [5, 5.41) is 121. The van der Waals surface area contributed by atoms with Crippen LogP contribution >= 0.6 is 0 Å². The first-order valence-corrected chi connectivity index (χ1v) is 44.5. The van der Waals surface area contributed by atoms with Crippen molar-refractivity contribution in [1.29, 1.82) is 0 Å². The van der Waals surface area contributed by atoms with Crippen molar-refractivity contribution in [1.82, 2.24) is 5.32 Å². The van der Waals surface area contributed by atoms with Crippen LogP contribution in [-0.4, -0.2) is 193 Å². The van der Waals surface area contributed by atoms with Gasteiger partial charge in [-0.3, -0.25) is 4.79 Å². The minimum Gasteiger partial charge on any atom is -0.394 e. The van der Waals surface area contributed by atoms with E-state index in [4.69, 9.17) is 28.4 Å². The summed E-state index contributed by atoms with van der Waals surface area (Å²) in [5.41, 5.74) is 0. The number of nitrogens with one attached hydrogen (secondary N) is 1. The van der Waals surface area contributed by atoms with Crippen molar-refractivity contribution in [3.8, 4) is 0 Å². The summed E-state index contributed by atoms with van der Waals surface area (Å²) in [6, 6.07) is -0.991. The molecule has 19 heteroatoms. The molecule has 17 unspecified atom stereocenters. The standard InChI is InChI=1S/C89H163NO18/c1-3-5-7-9-11-13-15-17-19-21-23-25-27-28-29-30-31-32-33-34-35-36-37-38-39-40-41-42-43-44-45-47-49-51-53-55-57-59-61-63-65-67-77(95)90-72(73(94)66-64-62-60-58-56-54-52-50-48-46-26-24-22-20-18-16-14-12-10-8-6-4-2)71-103-87-83(101)80(98)85(75(69-92)105-87)108-89-84(102)81(99)86(76(70-93)106-89)107-88-82(100)79(97)78(96)74(68-91)104-88/h15,17,21,23,27-28,56,58,64,66,72-76,78-89,91-94,96-102H,3-14,16,18-20,22,24-26,29-55,57,59-63,65,67-71H2,1-2H3,(H,90,95)/b17-15-,23-21-,28-27-,58-56+,66-64+. The van der Waals surface area contributed by atoms with Gasteiger partial charge in [0, 0.05) is 6.42 Å². The molecule has 3 fully saturated rings. The molecule has 0 spiro atoms. The Bertz CT molecular complexity index is 2180. The summed E-state index contributed by atoms with van der Waals surface area (Å²) in [5.74, 6) is -0.279. The maximum Gasteiger partial charge on any atom is 0.220 e. The third-order valence-electron chi connectivity index (χ3n) is 22.0. The normalized spacial score (nSPS) is 25.7. The molecule has 632 valence electrons. The molecule has 3 heterocycles. The summed E-state index contributed by atoms with van der Waals surface area (Å²) in [6.07, 6.45) is 63.9. The van der Waals surface area contributed by atoms with Crippen LogP contribution in [0.1, 0.15) is 367 Å². The van der Waals surface area contributed by atoms with E-state index in [1.165, 1.54) is 283 Å². The van der Waals surface area contributed by atoms with Crippen LogP contribution in [0, 0.1) is 0 Å². The van der Waals surface area contributed by atoms with E-state index in [-0.39, 0.29) is 18.9 Å². The minimum atomic E-state index is -1.98. The van der Waals surface area contributed by atoms with Gasteiger partial charge in [0.25, 0.3) is 0 Å². The molecule has 0 aromatic heterocycles. The Labute approximate surface area is 656 Å². The molecule has 0 aliphatic carbocycles. The molecular formula is C89H163NO18. The average Bonchev–Trinajstić information content (AvgIpc) is 0.787. The Kier molecular flexibility index (Phi) is 63.6. The van der Waals surface area contributed by atoms with E-state index >= 15 is 0 Å². The third kappa shape index (κ3) is 47.4. The molecule has 3 saturated heterocycles. The van der Waals surface area contributed by atoms with Crippen molar-refractivity contribution in [2.75, 3.05) is 26.4 Å². The number of carbonyl (C=O) groups is 1. The molecule has 3 aliphatic heterocycles. The summed E-state index contributed by atoms with van der Waals surface area (Å²) in [7, 11) is 0. The molecule has 0 aromatic rings. The highest BCUT2D eigenvalue weighted by Gasteiger charge is 2.54.